The fourth-order valence-corrected chi connectivity index (χ4v) is 4.63. The fourth-order valence-electron chi connectivity index (χ4n) is 4.63. The highest BCUT2D eigenvalue weighted by Crippen LogP contribution is 2.51. The third-order valence-electron chi connectivity index (χ3n) is 6.80. The summed E-state index contributed by atoms with van der Waals surface area (Å²) < 4.78 is 34.1. The first-order valence-electron chi connectivity index (χ1n) is 11.6. The minimum Gasteiger partial charge on any atom is -0.420 e. The first kappa shape index (κ1) is 22.2. The lowest BCUT2D eigenvalue weighted by molar-refractivity contribution is 0.0962. The van der Waals surface area contributed by atoms with Crippen LogP contribution < -0.4 is 5.56 Å². The summed E-state index contributed by atoms with van der Waals surface area (Å²) in [5.41, 5.74) is 2.11. The number of pyridine rings is 2. The summed E-state index contributed by atoms with van der Waals surface area (Å²) in [6.45, 7) is 0.0146. The van der Waals surface area contributed by atoms with Gasteiger partial charge in [-0.2, -0.15) is 0 Å². The number of Topliss-reactive ketones (excluding diaryl/α,β-unsaturated/α-hetero) is 1. The normalized spacial score (nSPS) is 15.4. The molecule has 0 spiro atoms. The molecule has 0 N–H and O–H groups in total. The van der Waals surface area contributed by atoms with E-state index in [9.17, 15) is 18.4 Å². The molecule has 6 rings (SSSR count). The number of aromatic nitrogens is 4. The molecule has 3 heterocycles. The molecule has 0 amide bonds. The molecular formula is C27H20F2N4O3. The Bertz CT molecular complexity index is 1600. The number of nitrogens with zero attached hydrogens (tertiary/aromatic N) is 4. The van der Waals surface area contributed by atoms with Crippen molar-refractivity contribution in [2.45, 2.75) is 37.6 Å². The van der Waals surface area contributed by atoms with E-state index in [0.29, 0.717) is 36.6 Å². The first-order chi connectivity index (χ1) is 17.4. The summed E-state index contributed by atoms with van der Waals surface area (Å²) in [5, 5.41) is 8.47. The fraction of sp³-hybridized carbons (Fsp3) is 0.222. The number of hydrogen-bond acceptors (Lipinski definition) is 6. The molecule has 1 aromatic carbocycles. The summed E-state index contributed by atoms with van der Waals surface area (Å²) >= 11 is 0. The Morgan fingerprint density at radius 1 is 1.08 bits per heavy atom. The molecular weight excluding hydrogens is 466 g/mol. The summed E-state index contributed by atoms with van der Waals surface area (Å²) in [6, 6.07) is 10.3. The SMILES string of the molecule is O=C(CC1(c2nnc(C3=CCc4ncccc43)o2)CC1)c1cccn(Cc2ccc(F)c(F)c2)c1=O. The van der Waals surface area contributed by atoms with Gasteiger partial charge in [0.25, 0.3) is 5.56 Å². The number of allylic oxidation sites excluding steroid dienone is 1. The van der Waals surface area contributed by atoms with Crippen LogP contribution in [0.2, 0.25) is 0 Å². The number of carbonyl (C=O) groups is 1. The predicted molar refractivity (Wildman–Crippen MR) is 125 cm³/mol. The van der Waals surface area contributed by atoms with E-state index >= 15 is 0 Å². The second kappa shape index (κ2) is 8.44. The monoisotopic (exact) mass is 486 g/mol. The van der Waals surface area contributed by atoms with Crippen molar-refractivity contribution in [2.24, 2.45) is 0 Å². The number of fused-ring (bicyclic) bond motifs is 1. The van der Waals surface area contributed by atoms with Gasteiger partial charge in [0.1, 0.15) is 0 Å². The summed E-state index contributed by atoms with van der Waals surface area (Å²) in [5.74, 6) is -1.49. The van der Waals surface area contributed by atoms with Crippen LogP contribution in [0.4, 0.5) is 8.78 Å². The lowest BCUT2D eigenvalue weighted by atomic mass is 9.96. The minimum atomic E-state index is -0.990. The van der Waals surface area contributed by atoms with Crippen LogP contribution in [0.3, 0.4) is 0 Å². The average Bonchev–Trinajstić information content (AvgIpc) is 3.28. The van der Waals surface area contributed by atoms with Crippen molar-refractivity contribution < 1.29 is 18.0 Å². The molecule has 7 nitrogen and oxygen atoms in total. The van der Waals surface area contributed by atoms with Crippen LogP contribution in [0.25, 0.3) is 5.57 Å². The van der Waals surface area contributed by atoms with Crippen LogP contribution in [-0.4, -0.2) is 25.5 Å². The van der Waals surface area contributed by atoms with Gasteiger partial charge in [0.05, 0.1) is 23.2 Å². The maximum Gasteiger partial charge on any atom is 0.261 e. The number of halogens is 2. The van der Waals surface area contributed by atoms with Gasteiger partial charge < -0.3 is 8.98 Å². The second-order valence-corrected chi connectivity index (χ2v) is 9.22. The Balaban J connectivity index is 1.22. The van der Waals surface area contributed by atoms with Crippen molar-refractivity contribution >= 4 is 11.4 Å². The van der Waals surface area contributed by atoms with Crippen LogP contribution in [0.5, 0.6) is 0 Å². The van der Waals surface area contributed by atoms with Gasteiger partial charge in [-0.3, -0.25) is 14.6 Å². The molecule has 2 aliphatic rings. The van der Waals surface area contributed by atoms with Gasteiger partial charge in [-0.05, 0) is 48.7 Å². The standard InChI is InChI=1S/C27H20F2N4O3/c28-20-7-5-16(13-21(20)29)15-33-12-2-4-19(25(33)35)23(34)14-27(9-10-27)26-32-31-24(36-26)18-6-8-22-17(18)3-1-11-30-22/h1-7,11-13H,8-10,14-15H2. The predicted octanol–water partition coefficient (Wildman–Crippen LogP) is 4.25. The molecule has 3 aromatic heterocycles. The molecule has 2 aliphatic carbocycles. The zero-order chi connectivity index (χ0) is 24.9. The number of ketones is 1. The van der Waals surface area contributed by atoms with Crippen LogP contribution in [0.15, 0.2) is 70.1 Å². The average molecular weight is 486 g/mol. The molecule has 36 heavy (non-hydrogen) atoms. The maximum absolute atomic E-state index is 13.6. The lowest BCUT2D eigenvalue weighted by Crippen LogP contribution is -2.28. The van der Waals surface area contributed by atoms with E-state index in [2.05, 4.69) is 15.2 Å². The third kappa shape index (κ3) is 3.86. The molecule has 0 unspecified atom stereocenters. The highest BCUT2D eigenvalue weighted by atomic mass is 19.2. The Kier molecular flexibility index (Phi) is 5.21. The van der Waals surface area contributed by atoms with Crippen LogP contribution in [-0.2, 0) is 18.4 Å². The van der Waals surface area contributed by atoms with Gasteiger partial charge in [0.15, 0.2) is 17.4 Å². The highest BCUT2D eigenvalue weighted by Gasteiger charge is 2.51. The number of benzene rings is 1. The number of rotatable bonds is 7. The van der Waals surface area contributed by atoms with E-state index in [1.165, 1.54) is 22.9 Å². The van der Waals surface area contributed by atoms with E-state index < -0.39 is 22.6 Å². The van der Waals surface area contributed by atoms with Crippen molar-refractivity contribution in [1.29, 1.82) is 0 Å². The summed E-state index contributed by atoms with van der Waals surface area (Å²) in [7, 11) is 0. The van der Waals surface area contributed by atoms with Gasteiger partial charge in [0, 0.05) is 36.4 Å². The van der Waals surface area contributed by atoms with E-state index in [4.69, 9.17) is 4.42 Å². The third-order valence-corrected chi connectivity index (χ3v) is 6.80. The second-order valence-electron chi connectivity index (χ2n) is 9.22. The molecule has 4 aromatic rings. The zero-order valence-electron chi connectivity index (χ0n) is 19.1. The lowest BCUT2D eigenvalue weighted by Gasteiger charge is -2.11. The zero-order valence-corrected chi connectivity index (χ0v) is 19.1. The number of hydrogen-bond donors (Lipinski definition) is 0. The maximum atomic E-state index is 13.6. The minimum absolute atomic E-state index is 0.0146. The molecule has 9 heteroatoms. The van der Waals surface area contributed by atoms with Crippen molar-refractivity contribution in [1.82, 2.24) is 19.7 Å². The largest absolute Gasteiger partial charge is 0.420 e. The molecule has 0 aliphatic heterocycles. The molecule has 0 atom stereocenters. The highest BCUT2D eigenvalue weighted by molar-refractivity contribution is 5.96. The Morgan fingerprint density at radius 3 is 2.75 bits per heavy atom. The molecule has 1 saturated carbocycles. The van der Waals surface area contributed by atoms with Gasteiger partial charge in [-0.15, -0.1) is 10.2 Å². The van der Waals surface area contributed by atoms with Crippen molar-refractivity contribution in [3.05, 3.63) is 117 Å². The van der Waals surface area contributed by atoms with E-state index in [-0.39, 0.29) is 24.3 Å². The molecule has 0 radical (unpaired) electrons. The van der Waals surface area contributed by atoms with Gasteiger partial charge in [0.2, 0.25) is 11.8 Å². The van der Waals surface area contributed by atoms with E-state index in [1.807, 2.05) is 18.2 Å². The van der Waals surface area contributed by atoms with Crippen LogP contribution in [0, 0.1) is 11.6 Å². The van der Waals surface area contributed by atoms with Crippen molar-refractivity contribution in [2.75, 3.05) is 0 Å². The van der Waals surface area contributed by atoms with Crippen molar-refractivity contribution in [3.8, 4) is 0 Å². The van der Waals surface area contributed by atoms with E-state index in [1.54, 1.807) is 12.3 Å². The first-order valence-corrected chi connectivity index (χ1v) is 11.6. The summed E-state index contributed by atoms with van der Waals surface area (Å²) in [4.78, 5) is 30.6. The Hall–Kier alpha value is -4.27. The summed E-state index contributed by atoms with van der Waals surface area (Å²) in [6.07, 6.45) is 7.42. The smallest absolute Gasteiger partial charge is 0.261 e. The Labute approximate surface area is 204 Å². The Morgan fingerprint density at radius 2 is 1.94 bits per heavy atom. The molecule has 0 saturated heterocycles. The number of carbonyl (C=O) groups excluding carboxylic acids is 1. The van der Waals surface area contributed by atoms with Crippen LogP contribution in [0.1, 0.15) is 58.2 Å². The quantitative estimate of drug-likeness (QED) is 0.363. The topological polar surface area (TPSA) is 90.9 Å². The van der Waals surface area contributed by atoms with Gasteiger partial charge in [-0.1, -0.05) is 18.2 Å². The molecule has 180 valence electrons. The van der Waals surface area contributed by atoms with E-state index in [0.717, 1.165) is 29.0 Å². The molecule has 0 bridgehead atoms. The van der Waals surface area contributed by atoms with Crippen molar-refractivity contribution in [3.63, 3.8) is 0 Å². The van der Waals surface area contributed by atoms with Crippen LogP contribution >= 0.6 is 0 Å². The van der Waals surface area contributed by atoms with Gasteiger partial charge >= 0.3 is 0 Å². The molecule has 1 fully saturated rings. The van der Waals surface area contributed by atoms with Gasteiger partial charge in [-0.25, -0.2) is 8.78 Å².